The fourth-order valence-corrected chi connectivity index (χ4v) is 3.08. The molecule has 6 nitrogen and oxygen atoms in total. The number of rotatable bonds is 2. The molecule has 0 aromatic rings. The van der Waals surface area contributed by atoms with Crippen molar-refractivity contribution in [2.45, 2.75) is 64.1 Å². The van der Waals surface area contributed by atoms with Crippen LogP contribution in [0.2, 0.25) is 0 Å². The zero-order valence-corrected chi connectivity index (χ0v) is 13.2. The van der Waals surface area contributed by atoms with Crippen LogP contribution in [-0.4, -0.2) is 42.8 Å². The number of hydrogen-bond donors (Lipinski definition) is 3. The van der Waals surface area contributed by atoms with Crippen molar-refractivity contribution < 1.29 is 14.3 Å². The highest BCUT2D eigenvalue weighted by atomic mass is 16.6. The van der Waals surface area contributed by atoms with Gasteiger partial charge in [0.15, 0.2) is 0 Å². The van der Waals surface area contributed by atoms with Gasteiger partial charge in [-0.15, -0.1) is 0 Å². The minimum absolute atomic E-state index is 0.00781. The Balaban J connectivity index is 1.97. The van der Waals surface area contributed by atoms with E-state index in [0.717, 1.165) is 25.9 Å². The lowest BCUT2D eigenvalue weighted by Gasteiger charge is -2.39. The summed E-state index contributed by atoms with van der Waals surface area (Å²) in [6, 6.07) is -0.0611. The molecule has 2 heterocycles. The van der Waals surface area contributed by atoms with Crippen LogP contribution < -0.4 is 16.0 Å². The van der Waals surface area contributed by atoms with Crippen LogP contribution in [-0.2, 0) is 9.53 Å². The molecule has 0 saturated carbocycles. The van der Waals surface area contributed by atoms with Crippen LogP contribution in [0.4, 0.5) is 4.79 Å². The van der Waals surface area contributed by atoms with Gasteiger partial charge in [0.05, 0.1) is 12.1 Å². The fourth-order valence-electron chi connectivity index (χ4n) is 3.08. The molecule has 6 heteroatoms. The first-order chi connectivity index (χ1) is 9.85. The molecule has 3 atom stereocenters. The number of hydrogen-bond acceptors (Lipinski definition) is 4. The topological polar surface area (TPSA) is 79.5 Å². The zero-order valence-electron chi connectivity index (χ0n) is 13.2. The van der Waals surface area contributed by atoms with Gasteiger partial charge in [-0.3, -0.25) is 4.79 Å². The summed E-state index contributed by atoms with van der Waals surface area (Å²) in [5, 5.41) is 9.36. The molecule has 0 aromatic heterocycles. The number of carbonyl (C=O) groups is 2. The molecule has 3 unspecified atom stereocenters. The molecule has 2 amide bonds. The minimum atomic E-state index is -0.510. The third kappa shape index (κ3) is 4.88. The third-order valence-electron chi connectivity index (χ3n) is 3.99. The van der Waals surface area contributed by atoms with Crippen molar-refractivity contribution in [3.63, 3.8) is 0 Å². The molecule has 0 spiro atoms. The Morgan fingerprint density at radius 1 is 1.33 bits per heavy atom. The molecular formula is C15H27N3O3. The van der Waals surface area contributed by atoms with Gasteiger partial charge in [-0.2, -0.15) is 0 Å². The van der Waals surface area contributed by atoms with E-state index < -0.39 is 11.7 Å². The van der Waals surface area contributed by atoms with Gasteiger partial charge in [-0.1, -0.05) is 0 Å². The van der Waals surface area contributed by atoms with Gasteiger partial charge >= 0.3 is 6.09 Å². The Labute approximate surface area is 126 Å². The van der Waals surface area contributed by atoms with Crippen LogP contribution >= 0.6 is 0 Å². The molecule has 2 rings (SSSR count). The van der Waals surface area contributed by atoms with E-state index in [1.807, 2.05) is 20.8 Å². The summed E-state index contributed by atoms with van der Waals surface area (Å²) >= 11 is 0. The maximum atomic E-state index is 12.0. The minimum Gasteiger partial charge on any atom is -0.444 e. The Morgan fingerprint density at radius 2 is 2.10 bits per heavy atom. The van der Waals surface area contributed by atoms with Crippen molar-refractivity contribution in [2.75, 3.05) is 13.1 Å². The largest absolute Gasteiger partial charge is 0.444 e. The van der Waals surface area contributed by atoms with E-state index in [4.69, 9.17) is 4.74 Å². The predicted molar refractivity (Wildman–Crippen MR) is 79.9 cm³/mol. The highest BCUT2D eigenvalue weighted by Gasteiger charge is 2.36. The van der Waals surface area contributed by atoms with Gasteiger partial charge in [-0.25, -0.2) is 4.79 Å². The number of piperidine rings is 2. The first-order valence-electron chi connectivity index (χ1n) is 7.85. The molecular weight excluding hydrogens is 270 g/mol. The standard InChI is InChI=1S/C15H27N3O3/c1-15(2,3)21-14(20)17-11-6-7-12(19)18-13(11)10-5-4-8-16-9-10/h10-11,13,16H,4-9H2,1-3H3,(H,17,20)(H,18,19). The molecule has 0 radical (unpaired) electrons. The molecule has 21 heavy (non-hydrogen) atoms. The van der Waals surface area contributed by atoms with Crippen LogP contribution in [0, 0.1) is 5.92 Å². The maximum Gasteiger partial charge on any atom is 0.407 e. The molecule has 2 fully saturated rings. The van der Waals surface area contributed by atoms with Crippen LogP contribution in [0.3, 0.4) is 0 Å². The van der Waals surface area contributed by atoms with Crippen molar-refractivity contribution >= 4 is 12.0 Å². The van der Waals surface area contributed by atoms with Crippen LogP contribution in [0.5, 0.6) is 0 Å². The van der Waals surface area contributed by atoms with Crippen molar-refractivity contribution in [1.29, 1.82) is 0 Å². The summed E-state index contributed by atoms with van der Waals surface area (Å²) < 4.78 is 5.32. The van der Waals surface area contributed by atoms with E-state index in [-0.39, 0.29) is 18.0 Å². The van der Waals surface area contributed by atoms with Gasteiger partial charge < -0.3 is 20.7 Å². The van der Waals surface area contributed by atoms with Gasteiger partial charge in [0.25, 0.3) is 0 Å². The van der Waals surface area contributed by atoms with Gasteiger partial charge in [-0.05, 0) is 59.0 Å². The first-order valence-corrected chi connectivity index (χ1v) is 7.85. The first kappa shape index (κ1) is 16.1. The average molecular weight is 297 g/mol. The molecule has 2 saturated heterocycles. The lowest BCUT2D eigenvalue weighted by atomic mass is 9.83. The van der Waals surface area contributed by atoms with Gasteiger partial charge in [0.2, 0.25) is 5.91 Å². The van der Waals surface area contributed by atoms with E-state index in [1.54, 1.807) is 0 Å². The summed E-state index contributed by atoms with van der Waals surface area (Å²) in [7, 11) is 0. The number of nitrogens with one attached hydrogen (secondary N) is 3. The van der Waals surface area contributed by atoms with Crippen LogP contribution in [0.1, 0.15) is 46.5 Å². The second kappa shape index (κ2) is 6.64. The van der Waals surface area contributed by atoms with E-state index in [0.29, 0.717) is 18.8 Å². The fraction of sp³-hybridized carbons (Fsp3) is 0.867. The molecule has 2 aliphatic rings. The Bertz CT molecular complexity index is 386. The summed E-state index contributed by atoms with van der Waals surface area (Å²) in [6.07, 6.45) is 2.90. The van der Waals surface area contributed by atoms with E-state index in [1.165, 1.54) is 0 Å². The van der Waals surface area contributed by atoms with Crippen LogP contribution in [0.25, 0.3) is 0 Å². The SMILES string of the molecule is CC(C)(C)OC(=O)NC1CCC(=O)NC1C1CCCNC1. The average Bonchev–Trinajstić information content (AvgIpc) is 2.40. The van der Waals surface area contributed by atoms with Crippen molar-refractivity contribution in [3.05, 3.63) is 0 Å². The lowest BCUT2D eigenvalue weighted by molar-refractivity contribution is -0.124. The Kier molecular flexibility index (Phi) is 5.08. The molecule has 120 valence electrons. The highest BCUT2D eigenvalue weighted by molar-refractivity contribution is 5.78. The normalized spacial score (nSPS) is 30.4. The van der Waals surface area contributed by atoms with E-state index >= 15 is 0 Å². The number of alkyl carbamates (subject to hydrolysis) is 1. The second-order valence-corrected chi connectivity index (χ2v) is 6.99. The smallest absolute Gasteiger partial charge is 0.407 e. The second-order valence-electron chi connectivity index (χ2n) is 6.99. The molecule has 0 aromatic carbocycles. The van der Waals surface area contributed by atoms with Gasteiger partial charge in [0, 0.05) is 6.42 Å². The Hall–Kier alpha value is -1.30. The number of amides is 2. The highest BCUT2D eigenvalue weighted by Crippen LogP contribution is 2.22. The summed E-state index contributed by atoms with van der Waals surface area (Å²) in [6.45, 7) is 7.45. The quantitative estimate of drug-likeness (QED) is 0.714. The van der Waals surface area contributed by atoms with Crippen LogP contribution in [0.15, 0.2) is 0 Å². The van der Waals surface area contributed by atoms with E-state index in [9.17, 15) is 9.59 Å². The lowest BCUT2D eigenvalue weighted by Crippen LogP contribution is -2.60. The molecule has 0 bridgehead atoms. The number of carbonyl (C=O) groups excluding carboxylic acids is 2. The molecule has 3 N–H and O–H groups in total. The van der Waals surface area contributed by atoms with Crippen molar-refractivity contribution in [1.82, 2.24) is 16.0 Å². The van der Waals surface area contributed by atoms with Gasteiger partial charge in [0.1, 0.15) is 5.60 Å². The Morgan fingerprint density at radius 3 is 2.71 bits per heavy atom. The van der Waals surface area contributed by atoms with Crippen molar-refractivity contribution in [3.8, 4) is 0 Å². The zero-order chi connectivity index (χ0) is 15.5. The summed E-state index contributed by atoms with van der Waals surface area (Å²) in [5.74, 6) is 0.441. The maximum absolute atomic E-state index is 12.0. The molecule has 0 aliphatic carbocycles. The van der Waals surface area contributed by atoms with E-state index in [2.05, 4.69) is 16.0 Å². The van der Waals surface area contributed by atoms with Crippen molar-refractivity contribution in [2.24, 2.45) is 5.92 Å². The summed E-state index contributed by atoms with van der Waals surface area (Å²) in [4.78, 5) is 23.7. The molecule has 2 aliphatic heterocycles. The predicted octanol–water partition coefficient (Wildman–Crippen LogP) is 1.16. The third-order valence-corrected chi connectivity index (χ3v) is 3.99. The number of ether oxygens (including phenoxy) is 1. The summed E-state index contributed by atoms with van der Waals surface area (Å²) in [5.41, 5.74) is -0.510. The monoisotopic (exact) mass is 297 g/mol.